The SMILES string of the molecule is ClC[C]1[CH][CH][CH][CH]1. The first-order valence-electron chi connectivity index (χ1n) is 2.20. The number of hydrogen-bond donors (Lipinski definition) is 0. The third kappa shape index (κ3) is 1.34. The quantitative estimate of drug-likeness (QED) is 0.454. The zero-order valence-corrected chi connectivity index (χ0v) is 4.65. The summed E-state index contributed by atoms with van der Waals surface area (Å²) in [4.78, 5) is 0. The minimum absolute atomic E-state index is 0.632. The second-order valence-corrected chi connectivity index (χ2v) is 1.69. The van der Waals surface area contributed by atoms with Gasteiger partial charge >= 0.3 is 0 Å². The van der Waals surface area contributed by atoms with E-state index in [1.54, 1.807) is 0 Å². The summed E-state index contributed by atoms with van der Waals surface area (Å²) in [5, 5.41) is 0. The van der Waals surface area contributed by atoms with Crippen LogP contribution in [0, 0.1) is 31.6 Å². The summed E-state index contributed by atoms with van der Waals surface area (Å²) in [6.07, 6.45) is 7.98. The molecule has 0 amide bonds. The van der Waals surface area contributed by atoms with Gasteiger partial charge in [0.15, 0.2) is 0 Å². The van der Waals surface area contributed by atoms with Crippen molar-refractivity contribution >= 4 is 11.6 Å². The van der Waals surface area contributed by atoms with Gasteiger partial charge in [0, 0.05) is 5.88 Å². The van der Waals surface area contributed by atoms with Crippen molar-refractivity contribution in [1.82, 2.24) is 0 Å². The van der Waals surface area contributed by atoms with Gasteiger partial charge in [0.2, 0.25) is 0 Å². The fourth-order valence-corrected chi connectivity index (χ4v) is 0.681. The van der Waals surface area contributed by atoms with Crippen LogP contribution in [0.1, 0.15) is 0 Å². The smallest absolute Gasteiger partial charge is 0.0291 e. The van der Waals surface area contributed by atoms with Crippen molar-refractivity contribution in [2.24, 2.45) is 0 Å². The van der Waals surface area contributed by atoms with Crippen LogP contribution >= 0.6 is 11.6 Å². The Hall–Kier alpha value is 0.290. The van der Waals surface area contributed by atoms with Gasteiger partial charge in [0.05, 0.1) is 0 Å². The third-order valence-electron chi connectivity index (χ3n) is 0.886. The molecule has 0 spiro atoms. The maximum Gasteiger partial charge on any atom is 0.0291 e. The third-order valence-corrected chi connectivity index (χ3v) is 1.19. The van der Waals surface area contributed by atoms with Gasteiger partial charge < -0.3 is 0 Å². The Balaban J connectivity index is 2.14. The van der Waals surface area contributed by atoms with Crippen LogP contribution in [-0.4, -0.2) is 5.88 Å². The van der Waals surface area contributed by atoms with Crippen molar-refractivity contribution in [3.63, 3.8) is 0 Å². The molecule has 0 atom stereocenters. The Morgan fingerprint density at radius 2 is 1.86 bits per heavy atom. The number of rotatable bonds is 1. The summed E-state index contributed by atoms with van der Waals surface area (Å²) in [7, 11) is 0. The van der Waals surface area contributed by atoms with Crippen LogP contribution in [0.4, 0.5) is 0 Å². The predicted octanol–water partition coefficient (Wildman–Crippen LogP) is 1.63. The molecule has 0 unspecified atom stereocenters. The van der Waals surface area contributed by atoms with Gasteiger partial charge in [-0.15, -0.1) is 11.6 Å². The molecule has 0 bridgehead atoms. The molecule has 1 fully saturated rings. The molecule has 1 saturated carbocycles. The van der Waals surface area contributed by atoms with E-state index in [9.17, 15) is 0 Å². The van der Waals surface area contributed by atoms with Gasteiger partial charge in [-0.05, 0) is 31.6 Å². The largest absolute Gasteiger partial charge is 0.126 e. The Kier molecular flexibility index (Phi) is 1.99. The fourth-order valence-electron chi connectivity index (χ4n) is 0.503. The Bertz CT molecular complexity index is 46.1. The summed E-state index contributed by atoms with van der Waals surface area (Å²) in [5.74, 6) is 1.83. The van der Waals surface area contributed by atoms with Crippen molar-refractivity contribution in [2.75, 3.05) is 5.88 Å². The zero-order valence-electron chi connectivity index (χ0n) is 3.89. The van der Waals surface area contributed by atoms with Gasteiger partial charge in [-0.2, -0.15) is 0 Å². The molecule has 0 aliphatic heterocycles. The average molecular weight is 114 g/mol. The van der Waals surface area contributed by atoms with Gasteiger partial charge in [0.1, 0.15) is 0 Å². The van der Waals surface area contributed by atoms with Crippen molar-refractivity contribution in [3.05, 3.63) is 31.6 Å². The molecule has 1 rings (SSSR count). The standard InChI is InChI=1S/C6H6Cl/c7-5-6-3-1-2-4-6/h1-4H,5H2. The second-order valence-electron chi connectivity index (χ2n) is 1.43. The van der Waals surface area contributed by atoms with Crippen LogP contribution in [0.25, 0.3) is 0 Å². The highest BCUT2D eigenvalue weighted by Crippen LogP contribution is 2.23. The van der Waals surface area contributed by atoms with E-state index in [0.29, 0.717) is 5.88 Å². The van der Waals surface area contributed by atoms with E-state index in [0.717, 1.165) is 0 Å². The molecule has 1 heteroatoms. The predicted molar refractivity (Wildman–Crippen MR) is 31.2 cm³/mol. The van der Waals surface area contributed by atoms with E-state index in [1.165, 1.54) is 5.92 Å². The topological polar surface area (TPSA) is 0 Å². The first-order chi connectivity index (χ1) is 3.43. The lowest BCUT2D eigenvalue weighted by atomic mass is 10.1. The van der Waals surface area contributed by atoms with E-state index in [1.807, 2.05) is 25.7 Å². The molecule has 1 aliphatic rings. The molecule has 7 heavy (non-hydrogen) atoms. The van der Waals surface area contributed by atoms with Crippen LogP contribution in [0.2, 0.25) is 0 Å². The summed E-state index contributed by atoms with van der Waals surface area (Å²) in [6.45, 7) is 0. The molecule has 0 N–H and O–H groups in total. The lowest BCUT2D eigenvalue weighted by Gasteiger charge is -1.96. The van der Waals surface area contributed by atoms with Crippen molar-refractivity contribution in [2.45, 2.75) is 0 Å². The van der Waals surface area contributed by atoms with E-state index in [2.05, 4.69) is 0 Å². The van der Waals surface area contributed by atoms with Crippen molar-refractivity contribution in [3.8, 4) is 0 Å². The summed E-state index contributed by atoms with van der Waals surface area (Å²) in [5.41, 5.74) is 0. The molecule has 0 saturated heterocycles. The van der Waals surface area contributed by atoms with Crippen LogP contribution in [0.15, 0.2) is 0 Å². The molecule has 1 aliphatic carbocycles. The van der Waals surface area contributed by atoms with Crippen LogP contribution in [0.3, 0.4) is 0 Å². The second kappa shape index (κ2) is 2.56. The summed E-state index contributed by atoms with van der Waals surface area (Å²) >= 11 is 5.47. The van der Waals surface area contributed by atoms with Crippen LogP contribution < -0.4 is 0 Å². The van der Waals surface area contributed by atoms with Gasteiger partial charge in [-0.25, -0.2) is 0 Å². The highest BCUT2D eigenvalue weighted by molar-refractivity contribution is 6.19. The lowest BCUT2D eigenvalue weighted by Crippen LogP contribution is -1.90. The first-order valence-corrected chi connectivity index (χ1v) is 2.73. The molecule has 37 valence electrons. The Labute approximate surface area is 49.9 Å². The molecular weight excluding hydrogens is 108 g/mol. The van der Waals surface area contributed by atoms with E-state index >= 15 is 0 Å². The molecule has 0 heterocycles. The lowest BCUT2D eigenvalue weighted by molar-refractivity contribution is 1.25. The monoisotopic (exact) mass is 113 g/mol. The fraction of sp³-hybridized carbons (Fsp3) is 0.167. The number of halogens is 1. The van der Waals surface area contributed by atoms with Crippen molar-refractivity contribution in [1.29, 1.82) is 0 Å². The average Bonchev–Trinajstić information content (AvgIpc) is 2.14. The highest BCUT2D eigenvalue weighted by atomic mass is 35.5. The summed E-state index contributed by atoms with van der Waals surface area (Å²) < 4.78 is 0. The van der Waals surface area contributed by atoms with Crippen molar-refractivity contribution < 1.29 is 0 Å². The molecule has 0 nitrogen and oxygen atoms in total. The number of hydrogen-bond acceptors (Lipinski definition) is 0. The Morgan fingerprint density at radius 1 is 1.29 bits per heavy atom. The van der Waals surface area contributed by atoms with Gasteiger partial charge in [0.25, 0.3) is 0 Å². The van der Waals surface area contributed by atoms with Crippen LogP contribution in [0.5, 0.6) is 0 Å². The molecule has 0 aromatic rings. The minimum atomic E-state index is 0.632. The molecule has 5 radical (unpaired) electrons. The maximum atomic E-state index is 5.47. The van der Waals surface area contributed by atoms with E-state index in [-0.39, 0.29) is 0 Å². The summed E-state index contributed by atoms with van der Waals surface area (Å²) in [6, 6.07) is 0. The zero-order chi connectivity index (χ0) is 5.11. The maximum absolute atomic E-state index is 5.47. The van der Waals surface area contributed by atoms with E-state index < -0.39 is 0 Å². The number of alkyl halides is 1. The van der Waals surface area contributed by atoms with E-state index in [4.69, 9.17) is 11.6 Å². The first kappa shape index (κ1) is 5.43. The Morgan fingerprint density at radius 3 is 2.14 bits per heavy atom. The van der Waals surface area contributed by atoms with Crippen LogP contribution in [-0.2, 0) is 0 Å². The van der Waals surface area contributed by atoms with Gasteiger partial charge in [-0.3, -0.25) is 0 Å². The highest BCUT2D eigenvalue weighted by Gasteiger charge is 2.14. The molecule has 0 aromatic heterocycles. The minimum Gasteiger partial charge on any atom is -0.126 e. The molecular formula is C6H6Cl. The normalized spacial score (nSPS) is 23.6. The molecule has 0 aromatic carbocycles. The van der Waals surface area contributed by atoms with Gasteiger partial charge in [-0.1, -0.05) is 0 Å².